The van der Waals surface area contributed by atoms with E-state index in [0.717, 1.165) is 34.8 Å². The van der Waals surface area contributed by atoms with Crippen molar-refractivity contribution < 1.29 is 5.11 Å². The third-order valence-electron chi connectivity index (χ3n) is 2.79. The second-order valence-electron chi connectivity index (χ2n) is 4.13. The van der Waals surface area contributed by atoms with Crippen LogP contribution in [0, 0.1) is 5.41 Å². The Hall–Kier alpha value is -1.97. The zero-order chi connectivity index (χ0) is 14.4. The van der Waals surface area contributed by atoms with Crippen LogP contribution in [-0.4, -0.2) is 35.0 Å². The second kappa shape index (κ2) is 6.98. The molecule has 0 spiro atoms. The molecule has 2 rings (SSSR count). The molecule has 1 unspecified atom stereocenters. The minimum Gasteiger partial charge on any atom is -0.396 e. The standard InChI is InChI=1S/C14H17N4OP/c15-9-17-14(16)13-11(10-4-2-1-3-5-10)8-12(18-13)20-7-6-19/h1-5,8-9,18-20H,6-7H2,(H3,15,16,17). The molecular formula is C14H17N4OP. The van der Waals surface area contributed by atoms with Gasteiger partial charge in [-0.05, 0) is 17.8 Å². The van der Waals surface area contributed by atoms with Crippen molar-refractivity contribution in [1.29, 1.82) is 5.41 Å². The molecule has 5 nitrogen and oxygen atoms in total. The van der Waals surface area contributed by atoms with E-state index in [9.17, 15) is 0 Å². The first-order valence-electron chi connectivity index (χ1n) is 6.22. The van der Waals surface area contributed by atoms with Crippen LogP contribution in [0.1, 0.15) is 5.69 Å². The van der Waals surface area contributed by atoms with Gasteiger partial charge < -0.3 is 15.8 Å². The van der Waals surface area contributed by atoms with Gasteiger partial charge >= 0.3 is 0 Å². The summed E-state index contributed by atoms with van der Waals surface area (Å²) in [6, 6.07) is 11.9. The largest absolute Gasteiger partial charge is 0.396 e. The summed E-state index contributed by atoms with van der Waals surface area (Å²) in [5.41, 5.74) is 9.66. The van der Waals surface area contributed by atoms with Crippen LogP contribution in [0.3, 0.4) is 0 Å². The molecule has 1 aromatic carbocycles. The molecule has 6 heteroatoms. The number of nitrogens with two attached hydrogens (primary N) is 1. The normalized spacial score (nSPS) is 12.2. The minimum absolute atomic E-state index is 0.164. The Bertz CT molecular complexity index is 607. The van der Waals surface area contributed by atoms with Crippen molar-refractivity contribution in [2.24, 2.45) is 10.7 Å². The lowest BCUT2D eigenvalue weighted by Gasteiger charge is -2.02. The Labute approximate surface area is 119 Å². The van der Waals surface area contributed by atoms with Crippen LogP contribution in [0.25, 0.3) is 11.1 Å². The fourth-order valence-electron chi connectivity index (χ4n) is 1.92. The summed E-state index contributed by atoms with van der Waals surface area (Å²) < 4.78 is 0. The molecule has 1 aromatic heterocycles. The van der Waals surface area contributed by atoms with E-state index in [-0.39, 0.29) is 6.61 Å². The van der Waals surface area contributed by atoms with Crippen LogP contribution in [0.5, 0.6) is 0 Å². The third-order valence-corrected chi connectivity index (χ3v) is 3.91. The predicted octanol–water partition coefficient (Wildman–Crippen LogP) is 1.29. The van der Waals surface area contributed by atoms with E-state index in [4.69, 9.17) is 16.2 Å². The number of aliphatic hydroxyl groups excluding tert-OH is 1. The van der Waals surface area contributed by atoms with Gasteiger partial charge in [-0.1, -0.05) is 38.9 Å². The molecule has 1 atom stereocenters. The van der Waals surface area contributed by atoms with Crippen LogP contribution < -0.4 is 11.2 Å². The third kappa shape index (κ3) is 3.32. The molecule has 104 valence electrons. The summed E-state index contributed by atoms with van der Waals surface area (Å²) in [6.07, 6.45) is 1.65. The van der Waals surface area contributed by atoms with Crippen molar-refractivity contribution in [3.8, 4) is 11.1 Å². The fourth-order valence-corrected chi connectivity index (χ4v) is 2.76. The maximum Gasteiger partial charge on any atom is 0.149 e. The van der Waals surface area contributed by atoms with E-state index in [1.807, 2.05) is 36.4 Å². The Kier molecular flexibility index (Phi) is 5.04. The van der Waals surface area contributed by atoms with Gasteiger partial charge in [-0.2, -0.15) is 0 Å². The number of aromatic amines is 1. The lowest BCUT2D eigenvalue weighted by molar-refractivity contribution is 0.322. The van der Waals surface area contributed by atoms with Crippen LogP contribution >= 0.6 is 8.58 Å². The molecule has 0 radical (unpaired) electrons. The number of aliphatic hydroxyl groups is 1. The summed E-state index contributed by atoms with van der Waals surface area (Å²) >= 11 is 0. The number of benzene rings is 1. The van der Waals surface area contributed by atoms with Crippen molar-refractivity contribution in [3.63, 3.8) is 0 Å². The maximum absolute atomic E-state index is 8.93. The van der Waals surface area contributed by atoms with Crippen molar-refractivity contribution in [1.82, 2.24) is 4.98 Å². The second-order valence-corrected chi connectivity index (χ2v) is 5.52. The van der Waals surface area contributed by atoms with Gasteiger partial charge in [0.1, 0.15) is 12.2 Å². The van der Waals surface area contributed by atoms with Crippen molar-refractivity contribution in [2.45, 2.75) is 0 Å². The molecule has 0 saturated heterocycles. The van der Waals surface area contributed by atoms with E-state index in [0.29, 0.717) is 14.4 Å². The minimum atomic E-state index is 0.164. The van der Waals surface area contributed by atoms with E-state index >= 15 is 0 Å². The molecule has 0 bridgehead atoms. The van der Waals surface area contributed by atoms with Gasteiger partial charge in [0.2, 0.25) is 0 Å². The van der Waals surface area contributed by atoms with Crippen LogP contribution in [0.4, 0.5) is 0 Å². The number of nitrogens with one attached hydrogen (secondary N) is 2. The highest BCUT2D eigenvalue weighted by molar-refractivity contribution is 7.46. The lowest BCUT2D eigenvalue weighted by atomic mass is 10.1. The molecule has 2 aromatic rings. The monoisotopic (exact) mass is 288 g/mol. The highest BCUT2D eigenvalue weighted by Crippen LogP contribution is 2.24. The molecule has 1 heterocycles. The molecule has 0 aliphatic rings. The molecule has 0 amide bonds. The van der Waals surface area contributed by atoms with E-state index in [1.54, 1.807) is 0 Å². The van der Waals surface area contributed by atoms with Crippen molar-refractivity contribution in [2.75, 3.05) is 12.8 Å². The van der Waals surface area contributed by atoms with E-state index < -0.39 is 0 Å². The molecule has 0 aliphatic carbocycles. The van der Waals surface area contributed by atoms with Crippen LogP contribution in [0.2, 0.25) is 0 Å². The molecule has 0 saturated carbocycles. The number of hydrogen-bond donors (Lipinski definition) is 4. The number of aliphatic imine (C=N–C) groups is 1. The van der Waals surface area contributed by atoms with Gasteiger partial charge in [0, 0.05) is 17.6 Å². The number of hydrogen-bond acceptors (Lipinski definition) is 2. The highest BCUT2D eigenvalue weighted by Gasteiger charge is 2.12. The molecule has 5 N–H and O–H groups in total. The molecule has 20 heavy (non-hydrogen) atoms. The lowest BCUT2D eigenvalue weighted by Crippen LogP contribution is -2.16. The highest BCUT2D eigenvalue weighted by atomic mass is 31.1. The molecule has 0 fully saturated rings. The number of nitrogens with zero attached hydrogens (tertiary/aromatic N) is 1. The number of rotatable bonds is 6. The quantitative estimate of drug-likeness (QED) is 0.366. The van der Waals surface area contributed by atoms with Gasteiger partial charge in [0.05, 0.1) is 5.69 Å². The zero-order valence-electron chi connectivity index (χ0n) is 10.9. The molecule has 0 aliphatic heterocycles. The summed E-state index contributed by atoms with van der Waals surface area (Å²) in [5.74, 6) is 0.291. The van der Waals surface area contributed by atoms with Gasteiger partial charge in [-0.3, -0.25) is 5.41 Å². The van der Waals surface area contributed by atoms with Crippen LogP contribution in [0.15, 0.2) is 41.4 Å². The van der Waals surface area contributed by atoms with Crippen LogP contribution in [-0.2, 0) is 0 Å². The Morgan fingerprint density at radius 1 is 1.40 bits per heavy atom. The zero-order valence-corrected chi connectivity index (χ0v) is 11.9. The van der Waals surface area contributed by atoms with E-state index in [2.05, 4.69) is 9.98 Å². The smallest absolute Gasteiger partial charge is 0.149 e. The van der Waals surface area contributed by atoms with Gasteiger partial charge in [0.15, 0.2) is 0 Å². The summed E-state index contributed by atoms with van der Waals surface area (Å²) in [4.78, 5) is 7.07. The first-order valence-corrected chi connectivity index (χ1v) is 7.42. The Morgan fingerprint density at radius 3 is 2.80 bits per heavy atom. The van der Waals surface area contributed by atoms with Gasteiger partial charge in [-0.15, -0.1) is 0 Å². The Morgan fingerprint density at radius 2 is 2.15 bits per heavy atom. The fraction of sp³-hybridized carbons (Fsp3) is 0.143. The number of aromatic nitrogens is 1. The van der Waals surface area contributed by atoms with Gasteiger partial charge in [0.25, 0.3) is 0 Å². The average Bonchev–Trinajstić information content (AvgIpc) is 2.90. The van der Waals surface area contributed by atoms with Crippen molar-refractivity contribution >= 4 is 26.2 Å². The first kappa shape index (κ1) is 14.4. The van der Waals surface area contributed by atoms with Gasteiger partial charge in [-0.25, -0.2) is 4.99 Å². The maximum atomic E-state index is 8.93. The Balaban J connectivity index is 2.45. The summed E-state index contributed by atoms with van der Waals surface area (Å²) in [6.45, 7) is 0.164. The topological polar surface area (TPSA) is 98.3 Å². The summed E-state index contributed by atoms with van der Waals surface area (Å²) in [7, 11) is 0.488. The average molecular weight is 288 g/mol. The summed E-state index contributed by atoms with van der Waals surface area (Å²) in [5, 5.41) is 16.0. The van der Waals surface area contributed by atoms with Crippen molar-refractivity contribution in [3.05, 3.63) is 42.1 Å². The number of amidine groups is 1. The van der Waals surface area contributed by atoms with E-state index in [1.165, 1.54) is 0 Å². The SMILES string of the molecule is N=C/N=C(/N)c1[nH]c(PCCO)cc1-c1ccccc1. The first-order chi connectivity index (χ1) is 9.76. The number of H-pyrrole nitrogens is 1. The molecular weight excluding hydrogens is 271 g/mol. The predicted molar refractivity (Wildman–Crippen MR) is 85.6 cm³/mol.